The SMILES string of the molecule is Cc1ccc2c(c1C)N(Cc1cc(Br)cs1)C(=O)C2=O. The van der Waals surface area contributed by atoms with Crippen molar-refractivity contribution in [2.24, 2.45) is 0 Å². The van der Waals surface area contributed by atoms with Crippen molar-refractivity contribution in [2.45, 2.75) is 20.4 Å². The molecule has 0 N–H and O–H groups in total. The molecule has 0 bridgehead atoms. The maximum absolute atomic E-state index is 12.2. The summed E-state index contributed by atoms with van der Waals surface area (Å²) in [5.74, 6) is -0.836. The molecule has 0 aliphatic carbocycles. The third kappa shape index (κ3) is 2.01. The van der Waals surface area contributed by atoms with Gasteiger partial charge in [-0.05, 0) is 53.0 Å². The van der Waals surface area contributed by atoms with Crippen LogP contribution in [0.15, 0.2) is 28.1 Å². The molecule has 0 saturated heterocycles. The van der Waals surface area contributed by atoms with Crippen LogP contribution >= 0.6 is 27.3 Å². The summed E-state index contributed by atoms with van der Waals surface area (Å²) in [4.78, 5) is 26.9. The minimum absolute atomic E-state index is 0.404. The number of ketones is 1. The van der Waals surface area contributed by atoms with Crippen molar-refractivity contribution < 1.29 is 9.59 Å². The number of nitrogens with zero attached hydrogens (tertiary/aromatic N) is 1. The molecule has 3 nitrogen and oxygen atoms in total. The number of anilines is 1. The molecule has 1 aromatic carbocycles. The maximum Gasteiger partial charge on any atom is 0.299 e. The van der Waals surface area contributed by atoms with Crippen LogP contribution < -0.4 is 4.90 Å². The van der Waals surface area contributed by atoms with Gasteiger partial charge in [-0.25, -0.2) is 0 Å². The van der Waals surface area contributed by atoms with E-state index >= 15 is 0 Å². The Bertz CT molecular complexity index is 735. The second kappa shape index (κ2) is 4.82. The van der Waals surface area contributed by atoms with Crippen molar-refractivity contribution in [2.75, 3.05) is 4.90 Å². The van der Waals surface area contributed by atoms with Crippen molar-refractivity contribution in [1.29, 1.82) is 0 Å². The fourth-order valence-corrected chi connectivity index (χ4v) is 3.85. The Hall–Kier alpha value is -1.46. The van der Waals surface area contributed by atoms with Gasteiger partial charge in [0.15, 0.2) is 0 Å². The highest BCUT2D eigenvalue weighted by molar-refractivity contribution is 9.10. The Morgan fingerprint density at radius 2 is 2.00 bits per heavy atom. The number of hydrogen-bond donors (Lipinski definition) is 0. The summed E-state index contributed by atoms with van der Waals surface area (Å²) < 4.78 is 0.997. The van der Waals surface area contributed by atoms with Crippen molar-refractivity contribution in [1.82, 2.24) is 0 Å². The fraction of sp³-hybridized carbons (Fsp3) is 0.200. The lowest BCUT2D eigenvalue weighted by Crippen LogP contribution is -2.29. The molecule has 2 heterocycles. The van der Waals surface area contributed by atoms with Crippen LogP contribution in [-0.4, -0.2) is 11.7 Å². The Labute approximate surface area is 129 Å². The standard InChI is InChI=1S/C15H12BrNO2S/c1-8-3-4-12-13(9(8)2)17(15(19)14(12)18)6-11-5-10(16)7-20-11/h3-5,7H,6H2,1-2H3. The van der Waals surface area contributed by atoms with Crippen LogP contribution in [0.3, 0.4) is 0 Å². The largest absolute Gasteiger partial charge is 0.299 e. The van der Waals surface area contributed by atoms with Crippen LogP contribution in [0.5, 0.6) is 0 Å². The van der Waals surface area contributed by atoms with E-state index in [0.717, 1.165) is 26.2 Å². The molecule has 1 aliphatic heterocycles. The van der Waals surface area contributed by atoms with E-state index in [9.17, 15) is 9.59 Å². The number of carbonyl (C=O) groups is 2. The highest BCUT2D eigenvalue weighted by Crippen LogP contribution is 2.36. The number of fused-ring (bicyclic) bond motifs is 1. The first-order valence-electron chi connectivity index (χ1n) is 6.18. The third-order valence-electron chi connectivity index (χ3n) is 3.59. The van der Waals surface area contributed by atoms with Gasteiger partial charge in [0, 0.05) is 14.7 Å². The van der Waals surface area contributed by atoms with Crippen LogP contribution in [0.1, 0.15) is 26.4 Å². The molecule has 0 atom stereocenters. The van der Waals surface area contributed by atoms with Crippen molar-refractivity contribution in [3.63, 3.8) is 0 Å². The quantitative estimate of drug-likeness (QED) is 0.772. The van der Waals surface area contributed by atoms with Gasteiger partial charge in [-0.3, -0.25) is 14.5 Å². The van der Waals surface area contributed by atoms with Crippen molar-refractivity contribution in [3.05, 3.63) is 49.6 Å². The molecule has 1 aromatic heterocycles. The number of aryl methyl sites for hydroxylation is 1. The molecular formula is C15H12BrNO2S. The zero-order valence-corrected chi connectivity index (χ0v) is 13.5. The lowest BCUT2D eigenvalue weighted by Gasteiger charge is -2.18. The van der Waals surface area contributed by atoms with Crippen molar-refractivity contribution >= 4 is 44.6 Å². The molecule has 0 unspecified atom stereocenters. The average molecular weight is 350 g/mol. The van der Waals surface area contributed by atoms with E-state index in [1.165, 1.54) is 0 Å². The van der Waals surface area contributed by atoms with E-state index in [-0.39, 0.29) is 0 Å². The van der Waals surface area contributed by atoms with Gasteiger partial charge in [-0.2, -0.15) is 0 Å². The lowest BCUT2D eigenvalue weighted by molar-refractivity contribution is -0.114. The minimum Gasteiger partial charge on any atom is -0.299 e. The van der Waals surface area contributed by atoms with Gasteiger partial charge in [0.05, 0.1) is 17.8 Å². The normalized spacial score (nSPS) is 14.1. The maximum atomic E-state index is 12.2. The molecule has 2 aromatic rings. The number of amides is 1. The number of halogens is 1. The predicted octanol–water partition coefficient (Wildman–Crippen LogP) is 3.86. The summed E-state index contributed by atoms with van der Waals surface area (Å²) in [7, 11) is 0. The zero-order chi connectivity index (χ0) is 14.4. The van der Waals surface area contributed by atoms with Gasteiger partial charge < -0.3 is 0 Å². The van der Waals surface area contributed by atoms with E-state index < -0.39 is 11.7 Å². The second-order valence-corrected chi connectivity index (χ2v) is 6.77. The first-order chi connectivity index (χ1) is 9.49. The predicted molar refractivity (Wildman–Crippen MR) is 83.5 cm³/mol. The topological polar surface area (TPSA) is 37.4 Å². The average Bonchev–Trinajstić information content (AvgIpc) is 2.92. The number of Topliss-reactive ketones (excluding diaryl/α,β-unsaturated/α-hetero) is 1. The number of rotatable bonds is 2. The molecule has 0 fully saturated rings. The third-order valence-corrected chi connectivity index (χ3v) is 5.27. The summed E-state index contributed by atoms with van der Waals surface area (Å²) in [6.45, 7) is 4.39. The van der Waals surface area contributed by atoms with Crippen molar-refractivity contribution in [3.8, 4) is 0 Å². The molecule has 5 heteroatoms. The lowest BCUT2D eigenvalue weighted by atomic mass is 10.0. The first-order valence-corrected chi connectivity index (χ1v) is 7.85. The highest BCUT2D eigenvalue weighted by atomic mass is 79.9. The molecule has 3 rings (SSSR count). The number of benzene rings is 1. The molecule has 102 valence electrons. The molecule has 1 aliphatic rings. The Balaban J connectivity index is 2.07. The Kier molecular flexibility index (Phi) is 3.26. The Morgan fingerprint density at radius 3 is 2.65 bits per heavy atom. The summed E-state index contributed by atoms with van der Waals surface area (Å²) in [5, 5.41) is 1.97. The van der Waals surface area contributed by atoms with Gasteiger partial charge in [0.25, 0.3) is 11.7 Å². The zero-order valence-electron chi connectivity index (χ0n) is 11.1. The van der Waals surface area contributed by atoms with Crippen LogP contribution in [-0.2, 0) is 11.3 Å². The van der Waals surface area contributed by atoms with E-state index in [2.05, 4.69) is 15.9 Å². The monoisotopic (exact) mass is 349 g/mol. The number of carbonyl (C=O) groups excluding carboxylic acids is 2. The number of thiophene rings is 1. The van der Waals surface area contributed by atoms with E-state index in [4.69, 9.17) is 0 Å². The van der Waals surface area contributed by atoms with Gasteiger partial charge in [0.2, 0.25) is 0 Å². The highest BCUT2D eigenvalue weighted by Gasteiger charge is 2.37. The molecule has 20 heavy (non-hydrogen) atoms. The van der Waals surface area contributed by atoms with Gasteiger partial charge in [-0.15, -0.1) is 11.3 Å². The smallest absolute Gasteiger partial charge is 0.299 e. The van der Waals surface area contributed by atoms with Crippen LogP contribution in [0.25, 0.3) is 0 Å². The summed E-state index contributed by atoms with van der Waals surface area (Å²) >= 11 is 4.98. The van der Waals surface area contributed by atoms with Gasteiger partial charge in [0.1, 0.15) is 0 Å². The molecular weight excluding hydrogens is 338 g/mol. The Morgan fingerprint density at radius 1 is 1.25 bits per heavy atom. The molecule has 0 spiro atoms. The first kappa shape index (κ1) is 13.5. The van der Waals surface area contributed by atoms with E-state index in [0.29, 0.717) is 12.1 Å². The second-order valence-electron chi connectivity index (χ2n) is 4.86. The molecule has 0 saturated carbocycles. The van der Waals surface area contributed by atoms with E-state index in [1.54, 1.807) is 22.3 Å². The van der Waals surface area contributed by atoms with Gasteiger partial charge >= 0.3 is 0 Å². The van der Waals surface area contributed by atoms with Gasteiger partial charge in [-0.1, -0.05) is 6.07 Å². The molecule has 1 amide bonds. The summed E-state index contributed by atoms with van der Waals surface area (Å²) in [6, 6.07) is 5.62. The molecule has 0 radical (unpaired) electrons. The van der Waals surface area contributed by atoms with Crippen LogP contribution in [0.2, 0.25) is 0 Å². The summed E-state index contributed by atoms with van der Waals surface area (Å²) in [6.07, 6.45) is 0. The fourth-order valence-electron chi connectivity index (χ4n) is 2.41. The van der Waals surface area contributed by atoms with Crippen LogP contribution in [0, 0.1) is 13.8 Å². The number of hydrogen-bond acceptors (Lipinski definition) is 3. The summed E-state index contributed by atoms with van der Waals surface area (Å²) in [5.41, 5.74) is 3.37. The minimum atomic E-state index is -0.432. The van der Waals surface area contributed by atoms with Crippen LogP contribution in [0.4, 0.5) is 5.69 Å². The van der Waals surface area contributed by atoms with E-state index in [1.807, 2.05) is 31.4 Å².